The first-order valence-corrected chi connectivity index (χ1v) is 8.86. The largest absolute Gasteiger partial charge is 0.461 e. The molecule has 0 saturated heterocycles. The van der Waals surface area contributed by atoms with Crippen molar-refractivity contribution in [2.24, 2.45) is 0 Å². The Bertz CT molecular complexity index is 1110. The van der Waals surface area contributed by atoms with Gasteiger partial charge < -0.3 is 15.5 Å². The smallest absolute Gasteiger partial charge is 0.355 e. The van der Waals surface area contributed by atoms with Crippen molar-refractivity contribution in [3.8, 4) is 6.07 Å². The lowest BCUT2D eigenvalue weighted by atomic mass is 9.93. The molecule has 2 aromatic carbocycles. The summed E-state index contributed by atoms with van der Waals surface area (Å²) in [5, 5.41) is 10.7. The van der Waals surface area contributed by atoms with Crippen LogP contribution in [0.4, 0.5) is 5.69 Å². The van der Waals surface area contributed by atoms with E-state index in [2.05, 4.69) is 4.98 Å². The molecule has 0 unspecified atom stereocenters. The number of halogens is 2. The number of hydrogen-bond donors (Lipinski definition) is 2. The van der Waals surface area contributed by atoms with E-state index in [0.29, 0.717) is 43.3 Å². The third-order valence-electron chi connectivity index (χ3n) is 4.02. The fourth-order valence-electron chi connectivity index (χ4n) is 2.97. The third-order valence-corrected chi connectivity index (χ3v) is 4.54. The Balaban J connectivity index is 2.41. The molecular weight excluding hydrogens is 385 g/mol. The summed E-state index contributed by atoms with van der Waals surface area (Å²) in [5.41, 5.74) is 8.85. The van der Waals surface area contributed by atoms with Gasteiger partial charge >= 0.3 is 5.97 Å². The first kappa shape index (κ1) is 18.8. The summed E-state index contributed by atoms with van der Waals surface area (Å²) in [4.78, 5) is 15.6. The van der Waals surface area contributed by atoms with Gasteiger partial charge in [0.15, 0.2) is 0 Å². The molecule has 0 aliphatic rings. The molecule has 5 nitrogen and oxygen atoms in total. The second-order valence-corrected chi connectivity index (χ2v) is 6.52. The fraction of sp³-hybridized carbons (Fsp3) is 0.100. The summed E-state index contributed by atoms with van der Waals surface area (Å²) in [7, 11) is 0. The Morgan fingerprint density at radius 2 is 2.07 bits per heavy atom. The second kappa shape index (κ2) is 7.75. The van der Waals surface area contributed by atoms with Gasteiger partial charge in [-0.3, -0.25) is 0 Å². The van der Waals surface area contributed by atoms with Crippen molar-refractivity contribution < 1.29 is 9.53 Å². The average Bonchev–Trinajstić information content (AvgIpc) is 3.00. The standard InChI is InChI=1S/C20H15Cl2N3O2/c1-2-27-20(26)19-17(18-14(22)9-11(21)10-16(18)25-19)13(7-8-23)12-5-3-4-6-15(12)24/h3-7,9-10,25H,2,24H2,1H3/b13-7-. The number of benzene rings is 2. The number of rotatable bonds is 4. The SMILES string of the molecule is CCOC(=O)c1[nH]c2cc(Cl)cc(Cl)c2c1/C(=C\C#N)c1ccccc1N. The molecular formula is C20H15Cl2N3O2. The molecule has 1 heterocycles. The Hall–Kier alpha value is -2.94. The predicted octanol–water partition coefficient (Wildman–Crippen LogP) is 5.19. The van der Waals surface area contributed by atoms with E-state index in [0.717, 1.165) is 0 Å². The Kier molecular flexibility index (Phi) is 5.41. The van der Waals surface area contributed by atoms with Crippen LogP contribution in [0.15, 0.2) is 42.5 Å². The third kappa shape index (κ3) is 3.50. The van der Waals surface area contributed by atoms with E-state index in [-0.39, 0.29) is 12.3 Å². The number of aromatic amines is 1. The van der Waals surface area contributed by atoms with E-state index in [1.807, 2.05) is 6.07 Å². The second-order valence-electron chi connectivity index (χ2n) is 5.68. The lowest BCUT2D eigenvalue weighted by Gasteiger charge is -2.12. The number of anilines is 1. The van der Waals surface area contributed by atoms with Gasteiger partial charge in [-0.05, 0) is 25.1 Å². The minimum Gasteiger partial charge on any atom is -0.461 e. The molecule has 0 fully saturated rings. The average molecular weight is 400 g/mol. The summed E-state index contributed by atoms with van der Waals surface area (Å²) in [5.74, 6) is -0.561. The van der Waals surface area contributed by atoms with Crippen LogP contribution in [0.2, 0.25) is 10.0 Å². The van der Waals surface area contributed by atoms with Crippen molar-refractivity contribution in [1.29, 1.82) is 5.26 Å². The zero-order chi connectivity index (χ0) is 19.6. The number of hydrogen-bond acceptors (Lipinski definition) is 4. The molecule has 3 rings (SSSR count). The van der Waals surface area contributed by atoms with Crippen molar-refractivity contribution >= 4 is 51.3 Å². The van der Waals surface area contributed by atoms with Gasteiger partial charge in [0.2, 0.25) is 0 Å². The molecule has 0 saturated carbocycles. The van der Waals surface area contributed by atoms with Crippen molar-refractivity contribution in [2.75, 3.05) is 12.3 Å². The summed E-state index contributed by atoms with van der Waals surface area (Å²) >= 11 is 12.5. The van der Waals surface area contributed by atoms with Crippen LogP contribution in [0.3, 0.4) is 0 Å². The van der Waals surface area contributed by atoms with Crippen LogP contribution < -0.4 is 5.73 Å². The number of allylic oxidation sites excluding steroid dienone is 1. The van der Waals surface area contributed by atoms with Gasteiger partial charge in [-0.2, -0.15) is 5.26 Å². The van der Waals surface area contributed by atoms with Crippen molar-refractivity contribution in [3.63, 3.8) is 0 Å². The maximum atomic E-state index is 12.6. The fourth-order valence-corrected chi connectivity index (χ4v) is 3.55. The van der Waals surface area contributed by atoms with Crippen LogP contribution in [0.5, 0.6) is 0 Å². The van der Waals surface area contributed by atoms with Gasteiger partial charge in [0, 0.05) is 44.4 Å². The van der Waals surface area contributed by atoms with Gasteiger partial charge in [0.25, 0.3) is 0 Å². The van der Waals surface area contributed by atoms with Crippen molar-refractivity contribution in [3.05, 3.63) is 69.3 Å². The Labute approximate surface area is 165 Å². The molecule has 27 heavy (non-hydrogen) atoms. The molecule has 7 heteroatoms. The van der Waals surface area contributed by atoms with Gasteiger partial charge in [-0.15, -0.1) is 0 Å². The Morgan fingerprint density at radius 3 is 2.74 bits per heavy atom. The normalized spacial score (nSPS) is 11.4. The van der Waals surface area contributed by atoms with E-state index < -0.39 is 5.97 Å². The molecule has 1 aromatic heterocycles. The number of ether oxygens (including phenoxy) is 1. The van der Waals surface area contributed by atoms with Crippen LogP contribution in [-0.4, -0.2) is 17.6 Å². The number of nitrogens with zero attached hydrogens (tertiary/aromatic N) is 1. The minimum atomic E-state index is -0.561. The molecule has 3 N–H and O–H groups in total. The van der Waals surface area contributed by atoms with E-state index in [4.69, 9.17) is 33.7 Å². The molecule has 0 aliphatic heterocycles. The number of carbonyl (C=O) groups excluding carboxylic acids is 1. The van der Waals surface area contributed by atoms with Crippen LogP contribution in [0.25, 0.3) is 16.5 Å². The van der Waals surface area contributed by atoms with E-state index in [1.165, 1.54) is 6.08 Å². The van der Waals surface area contributed by atoms with Crippen LogP contribution in [0, 0.1) is 11.3 Å². The van der Waals surface area contributed by atoms with E-state index in [1.54, 1.807) is 43.3 Å². The highest BCUT2D eigenvalue weighted by atomic mass is 35.5. The quantitative estimate of drug-likeness (QED) is 0.358. The summed E-state index contributed by atoms with van der Waals surface area (Å²) in [6.07, 6.45) is 1.34. The number of H-pyrrole nitrogens is 1. The number of aromatic nitrogens is 1. The highest BCUT2D eigenvalue weighted by Gasteiger charge is 2.25. The number of para-hydroxylation sites is 1. The number of nitriles is 1. The highest BCUT2D eigenvalue weighted by molar-refractivity contribution is 6.39. The van der Waals surface area contributed by atoms with Crippen LogP contribution in [-0.2, 0) is 4.74 Å². The lowest BCUT2D eigenvalue weighted by Crippen LogP contribution is -2.08. The van der Waals surface area contributed by atoms with Gasteiger partial charge in [-0.25, -0.2) is 4.79 Å². The summed E-state index contributed by atoms with van der Waals surface area (Å²) in [6.45, 7) is 1.91. The zero-order valence-electron chi connectivity index (χ0n) is 14.3. The van der Waals surface area contributed by atoms with Crippen LogP contribution >= 0.6 is 23.2 Å². The monoisotopic (exact) mass is 399 g/mol. The highest BCUT2D eigenvalue weighted by Crippen LogP contribution is 2.40. The molecule has 136 valence electrons. The van der Waals surface area contributed by atoms with E-state index >= 15 is 0 Å². The molecule has 0 spiro atoms. The number of nitrogen functional groups attached to an aromatic ring is 1. The summed E-state index contributed by atoms with van der Waals surface area (Å²) < 4.78 is 5.18. The first-order chi connectivity index (χ1) is 13.0. The van der Waals surface area contributed by atoms with Crippen molar-refractivity contribution in [2.45, 2.75) is 6.92 Å². The molecule has 0 amide bonds. The van der Waals surface area contributed by atoms with Gasteiger partial charge in [0.05, 0.1) is 17.7 Å². The number of esters is 1. The molecule has 0 aliphatic carbocycles. The van der Waals surface area contributed by atoms with E-state index in [9.17, 15) is 10.1 Å². The zero-order valence-corrected chi connectivity index (χ0v) is 15.9. The summed E-state index contributed by atoms with van der Waals surface area (Å²) in [6, 6.07) is 12.3. The Morgan fingerprint density at radius 1 is 1.33 bits per heavy atom. The van der Waals surface area contributed by atoms with Gasteiger partial charge in [-0.1, -0.05) is 41.4 Å². The first-order valence-electron chi connectivity index (χ1n) is 8.10. The van der Waals surface area contributed by atoms with Crippen LogP contribution in [0.1, 0.15) is 28.5 Å². The molecule has 3 aromatic rings. The number of fused-ring (bicyclic) bond motifs is 1. The van der Waals surface area contributed by atoms with Gasteiger partial charge in [0.1, 0.15) is 5.69 Å². The number of nitrogens with two attached hydrogens (primary N) is 1. The van der Waals surface area contributed by atoms with Crippen molar-refractivity contribution in [1.82, 2.24) is 4.98 Å². The maximum absolute atomic E-state index is 12.6. The lowest BCUT2D eigenvalue weighted by molar-refractivity contribution is 0.0520. The number of carbonyl (C=O) groups is 1. The minimum absolute atomic E-state index is 0.181. The molecule has 0 atom stereocenters. The number of nitrogens with one attached hydrogen (secondary N) is 1. The predicted molar refractivity (Wildman–Crippen MR) is 108 cm³/mol. The molecule has 0 bridgehead atoms. The topological polar surface area (TPSA) is 91.9 Å². The maximum Gasteiger partial charge on any atom is 0.355 e. The molecule has 0 radical (unpaired) electrons.